The molecule has 0 radical (unpaired) electrons. The van der Waals surface area contributed by atoms with E-state index in [0.717, 1.165) is 97.9 Å². The molecule has 13 nitrogen and oxygen atoms in total. The number of carbonyl (C=O) groups excluding carboxylic acids is 2. The molecule has 2 saturated heterocycles. The van der Waals surface area contributed by atoms with Crippen LogP contribution >= 0.6 is 0 Å². The van der Waals surface area contributed by atoms with Gasteiger partial charge in [-0.1, -0.05) is 0 Å². The first-order valence-corrected chi connectivity index (χ1v) is 14.8. The fraction of sp³-hybridized carbons (Fsp3) is 0.926. The lowest BCUT2D eigenvalue weighted by atomic mass is 10.2. The second kappa shape index (κ2) is 23.2. The maximum Gasteiger partial charge on any atom is 0.260 e. The van der Waals surface area contributed by atoms with Gasteiger partial charge in [-0.05, 0) is 26.3 Å². The molecule has 2 aliphatic rings. The molecule has 0 spiro atoms. The second-order valence-electron chi connectivity index (χ2n) is 10.2. The fourth-order valence-corrected chi connectivity index (χ4v) is 4.28. The van der Waals surface area contributed by atoms with Gasteiger partial charge in [0.05, 0.1) is 39.6 Å². The molecule has 2 aliphatic heterocycles. The van der Waals surface area contributed by atoms with Gasteiger partial charge in [-0.25, -0.2) is 5.01 Å². The van der Waals surface area contributed by atoms with Crippen molar-refractivity contribution in [3.63, 3.8) is 0 Å². The smallest absolute Gasteiger partial charge is 0.260 e. The maximum absolute atomic E-state index is 12.2. The van der Waals surface area contributed by atoms with Crippen molar-refractivity contribution in [3.05, 3.63) is 0 Å². The zero-order valence-electron chi connectivity index (χ0n) is 24.9. The van der Waals surface area contributed by atoms with E-state index in [9.17, 15) is 9.59 Å². The van der Waals surface area contributed by atoms with Crippen molar-refractivity contribution in [2.45, 2.75) is 19.3 Å². The van der Waals surface area contributed by atoms with Gasteiger partial charge in [0.1, 0.15) is 13.2 Å². The Morgan fingerprint density at radius 2 is 1.05 bits per heavy atom. The Hall–Kier alpha value is -1.42. The molecular formula is C27H54N6O7. The van der Waals surface area contributed by atoms with E-state index < -0.39 is 0 Å². The molecule has 0 saturated carbocycles. The van der Waals surface area contributed by atoms with Crippen molar-refractivity contribution in [1.82, 2.24) is 30.5 Å². The molecular weight excluding hydrogens is 520 g/mol. The molecule has 2 fully saturated rings. The minimum Gasteiger partial charge on any atom is -0.380 e. The average Bonchev–Trinajstić information content (AvgIpc) is 2.96. The Labute approximate surface area is 240 Å². The van der Waals surface area contributed by atoms with Gasteiger partial charge >= 0.3 is 0 Å². The topological polar surface area (TPSA) is 117 Å². The summed E-state index contributed by atoms with van der Waals surface area (Å²) in [4.78, 5) is 30.3. The number of amides is 2. The first-order chi connectivity index (χ1) is 19.6. The first kappa shape index (κ1) is 34.8. The molecule has 0 aromatic heterocycles. The quantitative estimate of drug-likeness (QED) is 0.145. The van der Waals surface area contributed by atoms with Gasteiger partial charge < -0.3 is 33.9 Å². The predicted octanol–water partition coefficient (Wildman–Crippen LogP) is -1.12. The number of hydrogen-bond donors (Lipinski definition) is 2. The van der Waals surface area contributed by atoms with Crippen LogP contribution in [0.15, 0.2) is 0 Å². The number of nitrogens with one attached hydrogen (secondary N) is 2. The van der Waals surface area contributed by atoms with Crippen LogP contribution in [0.3, 0.4) is 0 Å². The van der Waals surface area contributed by atoms with Crippen molar-refractivity contribution in [2.75, 3.05) is 146 Å². The van der Waals surface area contributed by atoms with E-state index in [1.165, 1.54) is 0 Å². The van der Waals surface area contributed by atoms with E-state index in [0.29, 0.717) is 39.6 Å². The minimum absolute atomic E-state index is 0.0514. The number of carbonyl (C=O) groups is 2. The maximum atomic E-state index is 12.2. The number of unbranched alkanes of at least 4 members (excludes halogenated alkanes) is 2. The highest BCUT2D eigenvalue weighted by atomic mass is 16.5. The predicted molar refractivity (Wildman–Crippen MR) is 152 cm³/mol. The fourth-order valence-electron chi connectivity index (χ4n) is 4.28. The number of piperazine rings is 2. The van der Waals surface area contributed by atoms with Gasteiger partial charge in [-0.15, -0.1) is 0 Å². The van der Waals surface area contributed by atoms with Gasteiger partial charge in [-0.3, -0.25) is 24.8 Å². The SMILES string of the molecule is CNC(=O)COCCOCCOCCN1CCN(NC(=O)COCCCCCOCCN2CCN(C)CC2)CC1. The molecule has 0 unspecified atom stereocenters. The highest BCUT2D eigenvalue weighted by molar-refractivity contribution is 5.77. The van der Waals surface area contributed by atoms with Crippen molar-refractivity contribution >= 4 is 11.8 Å². The summed E-state index contributed by atoms with van der Waals surface area (Å²) in [7, 11) is 3.75. The Balaban J connectivity index is 1.30. The molecule has 0 bridgehead atoms. The van der Waals surface area contributed by atoms with Crippen molar-refractivity contribution in [1.29, 1.82) is 0 Å². The molecule has 13 heteroatoms. The third kappa shape index (κ3) is 18.1. The van der Waals surface area contributed by atoms with E-state index in [4.69, 9.17) is 23.7 Å². The van der Waals surface area contributed by atoms with Gasteiger partial charge in [0.25, 0.3) is 5.91 Å². The standard InChI is InChI=1S/C27H54N6O7/c1-28-26(34)24-40-23-22-38-21-20-37-19-15-32-10-12-33(13-11-32)29-27(35)25-39-17-5-3-4-16-36-18-14-31-8-6-30(2)7-9-31/h3-25H2,1-2H3,(H,28,34)(H,29,35). The Morgan fingerprint density at radius 3 is 1.68 bits per heavy atom. The van der Waals surface area contributed by atoms with Crippen molar-refractivity contribution in [2.24, 2.45) is 0 Å². The molecule has 2 heterocycles. The third-order valence-electron chi connectivity index (χ3n) is 6.92. The molecule has 40 heavy (non-hydrogen) atoms. The molecule has 0 aromatic carbocycles. The molecule has 2 N–H and O–H groups in total. The van der Waals surface area contributed by atoms with Gasteiger partial charge in [-0.2, -0.15) is 0 Å². The van der Waals surface area contributed by atoms with Crippen LogP contribution in [0.2, 0.25) is 0 Å². The summed E-state index contributed by atoms with van der Waals surface area (Å²) in [6, 6.07) is 0. The minimum atomic E-state index is -0.147. The van der Waals surface area contributed by atoms with E-state index in [-0.39, 0.29) is 25.0 Å². The summed E-state index contributed by atoms with van der Waals surface area (Å²) >= 11 is 0. The number of nitrogens with zero attached hydrogens (tertiary/aromatic N) is 4. The number of rotatable bonds is 23. The lowest BCUT2D eigenvalue weighted by molar-refractivity contribution is -0.131. The number of ether oxygens (including phenoxy) is 5. The zero-order chi connectivity index (χ0) is 28.7. The summed E-state index contributed by atoms with van der Waals surface area (Å²) in [5.74, 6) is -0.241. The lowest BCUT2D eigenvalue weighted by Crippen LogP contribution is -2.54. The lowest BCUT2D eigenvalue weighted by Gasteiger charge is -2.34. The summed E-state index contributed by atoms with van der Waals surface area (Å²) in [5.41, 5.74) is 2.94. The van der Waals surface area contributed by atoms with Crippen LogP contribution in [0.4, 0.5) is 0 Å². The molecule has 2 amide bonds. The highest BCUT2D eigenvalue weighted by Gasteiger charge is 2.18. The van der Waals surface area contributed by atoms with Gasteiger partial charge in [0.2, 0.25) is 5.91 Å². The third-order valence-corrected chi connectivity index (χ3v) is 6.92. The number of hydrogen-bond acceptors (Lipinski definition) is 11. The Morgan fingerprint density at radius 1 is 0.575 bits per heavy atom. The normalized spacial score (nSPS) is 17.8. The first-order valence-electron chi connectivity index (χ1n) is 14.8. The summed E-state index contributed by atoms with van der Waals surface area (Å²) in [6.07, 6.45) is 3.01. The van der Waals surface area contributed by atoms with E-state index >= 15 is 0 Å². The average molecular weight is 575 g/mol. The number of hydrazine groups is 1. The summed E-state index contributed by atoms with van der Waals surface area (Å²) in [6.45, 7) is 14.6. The van der Waals surface area contributed by atoms with Crippen LogP contribution in [-0.4, -0.2) is 177 Å². The summed E-state index contributed by atoms with van der Waals surface area (Å²) < 4.78 is 27.5. The second-order valence-corrected chi connectivity index (χ2v) is 10.2. The van der Waals surface area contributed by atoms with Gasteiger partial charge in [0.15, 0.2) is 0 Å². The molecule has 2 rings (SSSR count). The molecule has 0 atom stereocenters. The summed E-state index contributed by atoms with van der Waals surface area (Å²) in [5, 5.41) is 4.45. The molecule has 0 aromatic rings. The van der Waals surface area contributed by atoms with E-state index in [2.05, 4.69) is 32.5 Å². The largest absolute Gasteiger partial charge is 0.380 e. The van der Waals surface area contributed by atoms with Crippen LogP contribution in [0.1, 0.15) is 19.3 Å². The number of likely N-dealkylation sites (N-methyl/N-ethyl adjacent to an activating group) is 2. The van der Waals surface area contributed by atoms with Crippen LogP contribution in [0, 0.1) is 0 Å². The molecule has 0 aliphatic carbocycles. The monoisotopic (exact) mass is 574 g/mol. The van der Waals surface area contributed by atoms with Crippen LogP contribution in [0.5, 0.6) is 0 Å². The van der Waals surface area contributed by atoms with Crippen molar-refractivity contribution in [3.8, 4) is 0 Å². The van der Waals surface area contributed by atoms with Crippen LogP contribution < -0.4 is 10.7 Å². The van der Waals surface area contributed by atoms with Crippen molar-refractivity contribution < 1.29 is 33.3 Å². The Bertz CT molecular complexity index is 647. The van der Waals surface area contributed by atoms with Crippen LogP contribution in [-0.2, 0) is 33.3 Å². The van der Waals surface area contributed by atoms with Crippen LogP contribution in [0.25, 0.3) is 0 Å². The highest BCUT2D eigenvalue weighted by Crippen LogP contribution is 2.01. The molecule has 234 valence electrons. The zero-order valence-corrected chi connectivity index (χ0v) is 24.9. The van der Waals surface area contributed by atoms with E-state index in [1.54, 1.807) is 7.05 Å². The van der Waals surface area contributed by atoms with Gasteiger partial charge in [0, 0.05) is 85.7 Å². The Kier molecular flexibility index (Phi) is 20.2. The van der Waals surface area contributed by atoms with E-state index in [1.807, 2.05) is 5.01 Å².